The van der Waals surface area contributed by atoms with Gasteiger partial charge in [0, 0.05) is 40.7 Å². The Balaban J connectivity index is 2.03. The third-order valence-corrected chi connectivity index (χ3v) is 5.85. The van der Waals surface area contributed by atoms with E-state index in [9.17, 15) is 8.42 Å². The lowest BCUT2D eigenvalue weighted by Gasteiger charge is -2.12. The summed E-state index contributed by atoms with van der Waals surface area (Å²) >= 11 is 5.76. The molecule has 4 aromatic rings. The predicted molar refractivity (Wildman–Crippen MR) is 109 cm³/mol. The van der Waals surface area contributed by atoms with Crippen LogP contribution in [0.25, 0.3) is 33.4 Å². The third-order valence-electron chi connectivity index (χ3n) is 4.29. The van der Waals surface area contributed by atoms with E-state index >= 15 is 0 Å². The lowest BCUT2D eigenvalue weighted by atomic mass is 10.00. The standard InChI is InChI=1S/C21H15NO3S2/c1-27(23,24)16-10-8-14(9-11-16)20-19(15-5-4-12-22-13-15)21(26)17-6-2-3-7-18(17)25-20/h2-13H,1H3. The van der Waals surface area contributed by atoms with Crippen molar-refractivity contribution < 1.29 is 12.8 Å². The van der Waals surface area contributed by atoms with E-state index in [1.54, 1.807) is 36.7 Å². The maximum Gasteiger partial charge on any atom is 0.175 e. The van der Waals surface area contributed by atoms with Gasteiger partial charge in [-0.3, -0.25) is 4.98 Å². The molecule has 4 rings (SSSR count). The zero-order valence-electron chi connectivity index (χ0n) is 14.4. The molecule has 4 nitrogen and oxygen atoms in total. The lowest BCUT2D eigenvalue weighted by molar-refractivity contribution is 0.601. The van der Waals surface area contributed by atoms with E-state index in [0.29, 0.717) is 15.9 Å². The average molecular weight is 393 g/mol. The highest BCUT2D eigenvalue weighted by atomic mass is 32.2. The number of fused-ring (bicyclic) bond motifs is 1. The van der Waals surface area contributed by atoms with Crippen LogP contribution in [-0.2, 0) is 9.84 Å². The van der Waals surface area contributed by atoms with Crippen molar-refractivity contribution >= 4 is 33.0 Å². The second kappa shape index (κ2) is 6.72. The first kappa shape index (κ1) is 17.6. The Labute approximate surface area is 162 Å². The van der Waals surface area contributed by atoms with Gasteiger partial charge >= 0.3 is 0 Å². The summed E-state index contributed by atoms with van der Waals surface area (Å²) in [6.07, 6.45) is 4.62. The van der Waals surface area contributed by atoms with Gasteiger partial charge in [-0.25, -0.2) is 8.42 Å². The lowest BCUT2D eigenvalue weighted by Crippen LogP contribution is -1.96. The molecule has 0 unspecified atom stereocenters. The fraction of sp³-hybridized carbons (Fsp3) is 0.0476. The number of hydrogen-bond acceptors (Lipinski definition) is 5. The first-order valence-electron chi connectivity index (χ1n) is 8.22. The summed E-state index contributed by atoms with van der Waals surface area (Å²) < 4.78 is 30.4. The minimum atomic E-state index is -3.27. The smallest absolute Gasteiger partial charge is 0.175 e. The van der Waals surface area contributed by atoms with E-state index in [-0.39, 0.29) is 4.90 Å². The summed E-state index contributed by atoms with van der Waals surface area (Å²) in [5.74, 6) is 0.590. The van der Waals surface area contributed by atoms with Gasteiger partial charge in [0.05, 0.1) is 9.41 Å². The predicted octanol–water partition coefficient (Wildman–Crippen LogP) is 5.29. The minimum Gasteiger partial charge on any atom is -0.455 e. The number of aromatic nitrogens is 1. The Kier molecular flexibility index (Phi) is 4.37. The van der Waals surface area contributed by atoms with Gasteiger partial charge in [-0.2, -0.15) is 0 Å². The van der Waals surface area contributed by atoms with Crippen molar-refractivity contribution in [3.05, 3.63) is 77.6 Å². The Morgan fingerprint density at radius 2 is 1.67 bits per heavy atom. The first-order chi connectivity index (χ1) is 12.9. The molecule has 2 aromatic carbocycles. The maximum atomic E-state index is 11.7. The Morgan fingerprint density at radius 3 is 2.33 bits per heavy atom. The van der Waals surface area contributed by atoms with Crippen LogP contribution in [0, 0.1) is 4.51 Å². The van der Waals surface area contributed by atoms with Gasteiger partial charge in [-0.05, 0) is 42.5 Å². The molecule has 0 fully saturated rings. The van der Waals surface area contributed by atoms with Gasteiger partial charge in [0.15, 0.2) is 9.84 Å². The van der Waals surface area contributed by atoms with E-state index in [0.717, 1.165) is 22.1 Å². The van der Waals surface area contributed by atoms with Crippen molar-refractivity contribution in [3.8, 4) is 22.5 Å². The number of pyridine rings is 1. The van der Waals surface area contributed by atoms with Gasteiger partial charge < -0.3 is 4.42 Å². The van der Waals surface area contributed by atoms with Crippen molar-refractivity contribution in [2.45, 2.75) is 4.90 Å². The number of sulfone groups is 1. The molecule has 27 heavy (non-hydrogen) atoms. The molecular weight excluding hydrogens is 378 g/mol. The largest absolute Gasteiger partial charge is 0.455 e. The molecule has 0 aliphatic carbocycles. The molecule has 0 saturated carbocycles. The highest BCUT2D eigenvalue weighted by Crippen LogP contribution is 2.37. The quantitative estimate of drug-likeness (QED) is 0.442. The number of rotatable bonds is 3. The second-order valence-corrected chi connectivity index (χ2v) is 8.59. The third kappa shape index (κ3) is 3.29. The van der Waals surface area contributed by atoms with Crippen LogP contribution in [0.4, 0.5) is 0 Å². The van der Waals surface area contributed by atoms with E-state index in [4.69, 9.17) is 16.6 Å². The molecule has 2 heterocycles. The van der Waals surface area contributed by atoms with E-state index in [1.165, 1.54) is 6.26 Å². The average Bonchev–Trinajstić information content (AvgIpc) is 2.68. The fourth-order valence-corrected chi connectivity index (χ4v) is 3.98. The molecule has 0 atom stereocenters. The fourth-order valence-electron chi connectivity index (χ4n) is 2.97. The second-order valence-electron chi connectivity index (χ2n) is 6.17. The molecule has 0 bridgehead atoms. The molecule has 0 spiro atoms. The highest BCUT2D eigenvalue weighted by Gasteiger charge is 2.16. The van der Waals surface area contributed by atoms with Crippen molar-refractivity contribution in [1.29, 1.82) is 0 Å². The van der Waals surface area contributed by atoms with Crippen LogP contribution in [0.1, 0.15) is 0 Å². The highest BCUT2D eigenvalue weighted by molar-refractivity contribution is 7.90. The molecule has 2 aromatic heterocycles. The Hall–Kier alpha value is -2.83. The summed E-state index contributed by atoms with van der Waals surface area (Å²) in [6.45, 7) is 0. The normalized spacial score (nSPS) is 11.6. The maximum absolute atomic E-state index is 11.7. The van der Waals surface area contributed by atoms with Gasteiger partial charge in [-0.15, -0.1) is 0 Å². The zero-order chi connectivity index (χ0) is 19.0. The van der Waals surface area contributed by atoms with E-state index in [2.05, 4.69) is 4.98 Å². The Bertz CT molecular complexity index is 1290. The number of para-hydroxylation sites is 1. The summed E-state index contributed by atoms with van der Waals surface area (Å²) in [7, 11) is -3.27. The van der Waals surface area contributed by atoms with Gasteiger partial charge in [0.1, 0.15) is 11.3 Å². The Morgan fingerprint density at radius 1 is 0.926 bits per heavy atom. The van der Waals surface area contributed by atoms with Crippen LogP contribution in [0.2, 0.25) is 0 Å². The summed E-state index contributed by atoms with van der Waals surface area (Å²) in [6, 6.07) is 18.0. The van der Waals surface area contributed by atoms with Crippen LogP contribution < -0.4 is 0 Å². The number of benzene rings is 2. The molecule has 0 radical (unpaired) electrons. The van der Waals surface area contributed by atoms with Crippen LogP contribution in [0.5, 0.6) is 0 Å². The van der Waals surface area contributed by atoms with E-state index < -0.39 is 9.84 Å². The molecular formula is C21H15NO3S2. The van der Waals surface area contributed by atoms with Crippen molar-refractivity contribution in [1.82, 2.24) is 4.98 Å². The SMILES string of the molecule is CS(=O)(=O)c1ccc(-c2oc3ccccc3c(=S)c2-c2cccnc2)cc1. The zero-order valence-corrected chi connectivity index (χ0v) is 16.0. The monoisotopic (exact) mass is 393 g/mol. The van der Waals surface area contributed by atoms with Crippen LogP contribution >= 0.6 is 12.2 Å². The molecule has 0 aliphatic heterocycles. The van der Waals surface area contributed by atoms with Crippen molar-refractivity contribution in [3.63, 3.8) is 0 Å². The molecule has 0 saturated heterocycles. The summed E-state index contributed by atoms with van der Waals surface area (Å²) in [4.78, 5) is 4.45. The number of nitrogens with zero attached hydrogens (tertiary/aromatic N) is 1. The topological polar surface area (TPSA) is 60.2 Å². The summed E-state index contributed by atoms with van der Waals surface area (Å²) in [5.41, 5.74) is 3.04. The summed E-state index contributed by atoms with van der Waals surface area (Å²) in [5, 5.41) is 0.850. The minimum absolute atomic E-state index is 0.258. The van der Waals surface area contributed by atoms with Gasteiger partial charge in [-0.1, -0.05) is 30.4 Å². The van der Waals surface area contributed by atoms with Gasteiger partial charge in [0.25, 0.3) is 0 Å². The molecule has 0 N–H and O–H groups in total. The van der Waals surface area contributed by atoms with Crippen molar-refractivity contribution in [2.75, 3.05) is 6.26 Å². The first-order valence-corrected chi connectivity index (χ1v) is 10.5. The molecule has 0 aliphatic rings. The van der Waals surface area contributed by atoms with Crippen LogP contribution in [-0.4, -0.2) is 19.7 Å². The molecule has 134 valence electrons. The van der Waals surface area contributed by atoms with Crippen molar-refractivity contribution in [2.24, 2.45) is 0 Å². The van der Waals surface area contributed by atoms with Crippen LogP contribution in [0.15, 0.2) is 82.4 Å². The molecule has 0 amide bonds. The number of hydrogen-bond donors (Lipinski definition) is 0. The molecule has 6 heteroatoms. The van der Waals surface area contributed by atoms with Crippen LogP contribution in [0.3, 0.4) is 0 Å². The van der Waals surface area contributed by atoms with E-state index in [1.807, 2.05) is 36.4 Å². The van der Waals surface area contributed by atoms with Gasteiger partial charge in [0.2, 0.25) is 0 Å².